The molecular weight excluding hydrogens is 340 g/mol. The lowest BCUT2D eigenvalue weighted by atomic mass is 9.82. The number of ether oxygens (including phenoxy) is 1. The highest BCUT2D eigenvalue weighted by atomic mass is 16.6. The van der Waals surface area contributed by atoms with Gasteiger partial charge in [0, 0.05) is 30.8 Å². The van der Waals surface area contributed by atoms with Crippen molar-refractivity contribution in [2.24, 2.45) is 0 Å². The minimum atomic E-state index is -0.795. The molecule has 1 N–H and O–H groups in total. The Morgan fingerprint density at radius 3 is 2.37 bits per heavy atom. The fraction of sp³-hybridized carbons (Fsp3) is 0.409. The molecule has 0 saturated carbocycles. The number of hydrogen-bond acceptors (Lipinski definition) is 5. The number of morpholine rings is 1. The van der Waals surface area contributed by atoms with Gasteiger partial charge in [-0.15, -0.1) is 0 Å². The minimum Gasteiger partial charge on any atom is -0.378 e. The lowest BCUT2D eigenvalue weighted by Crippen LogP contribution is -2.53. The molecule has 1 aliphatic rings. The highest BCUT2D eigenvalue weighted by Crippen LogP contribution is 2.25. The van der Waals surface area contributed by atoms with Crippen LogP contribution in [0.15, 0.2) is 54.6 Å². The molecule has 0 amide bonds. The third-order valence-electron chi connectivity index (χ3n) is 5.19. The molecule has 0 aromatic heterocycles. The molecule has 144 valence electrons. The van der Waals surface area contributed by atoms with Gasteiger partial charge < -0.3 is 14.5 Å². The molecule has 1 aliphatic heterocycles. The summed E-state index contributed by atoms with van der Waals surface area (Å²) in [5.41, 5.74) is 5.11. The first-order valence-electron chi connectivity index (χ1n) is 9.50. The average molecular weight is 368 g/mol. The summed E-state index contributed by atoms with van der Waals surface area (Å²) >= 11 is 0. The number of Topliss-reactive ketones (excluding diaryl/α,β-unsaturated/α-hetero) is 1. The van der Waals surface area contributed by atoms with Crippen LogP contribution in [0.2, 0.25) is 0 Å². The molecule has 0 bridgehead atoms. The van der Waals surface area contributed by atoms with Gasteiger partial charge in [0.25, 0.3) is 0 Å². The normalized spacial score (nSPS) is 16.7. The van der Waals surface area contributed by atoms with E-state index in [9.17, 15) is 4.79 Å². The number of anilines is 1. The number of carbonyl (C=O) groups excluding carboxylic acids is 1. The zero-order valence-electron chi connectivity index (χ0n) is 16.1. The summed E-state index contributed by atoms with van der Waals surface area (Å²) in [6.45, 7) is 5.26. The van der Waals surface area contributed by atoms with Crippen molar-refractivity contribution in [1.82, 2.24) is 5.48 Å². The van der Waals surface area contributed by atoms with E-state index in [1.54, 1.807) is 7.11 Å². The SMILES string of the molecule is CCC(Cc1ccccc1)(NOC)C(=O)c1ccc(N2CCOCC2)cc1. The summed E-state index contributed by atoms with van der Waals surface area (Å²) in [6, 6.07) is 17.9. The van der Waals surface area contributed by atoms with Crippen LogP contribution in [-0.2, 0) is 16.0 Å². The Labute approximate surface area is 161 Å². The second-order valence-electron chi connectivity index (χ2n) is 6.88. The van der Waals surface area contributed by atoms with Gasteiger partial charge in [-0.3, -0.25) is 4.79 Å². The van der Waals surface area contributed by atoms with Crippen LogP contribution >= 0.6 is 0 Å². The van der Waals surface area contributed by atoms with E-state index in [0.29, 0.717) is 18.4 Å². The first kappa shape index (κ1) is 19.5. The van der Waals surface area contributed by atoms with E-state index in [1.165, 1.54) is 0 Å². The summed E-state index contributed by atoms with van der Waals surface area (Å²) in [5, 5.41) is 0. The van der Waals surface area contributed by atoms with E-state index >= 15 is 0 Å². The molecule has 5 heteroatoms. The molecule has 3 rings (SSSR count). The van der Waals surface area contributed by atoms with Gasteiger partial charge in [-0.1, -0.05) is 37.3 Å². The molecule has 1 atom stereocenters. The Morgan fingerprint density at radius 1 is 1.11 bits per heavy atom. The topological polar surface area (TPSA) is 50.8 Å². The molecule has 2 aromatic rings. The number of hydroxylamine groups is 1. The zero-order valence-corrected chi connectivity index (χ0v) is 16.1. The van der Waals surface area contributed by atoms with Gasteiger partial charge in [-0.25, -0.2) is 0 Å². The molecule has 1 unspecified atom stereocenters. The molecule has 0 radical (unpaired) electrons. The Hall–Kier alpha value is -2.21. The fourth-order valence-electron chi connectivity index (χ4n) is 3.58. The van der Waals surface area contributed by atoms with Gasteiger partial charge in [0.05, 0.1) is 20.3 Å². The highest BCUT2D eigenvalue weighted by molar-refractivity contribution is 6.03. The van der Waals surface area contributed by atoms with Crippen LogP contribution in [0.5, 0.6) is 0 Å². The van der Waals surface area contributed by atoms with Gasteiger partial charge in [0.1, 0.15) is 5.54 Å². The number of nitrogens with one attached hydrogen (secondary N) is 1. The molecule has 2 aromatic carbocycles. The van der Waals surface area contributed by atoms with Gasteiger partial charge >= 0.3 is 0 Å². The number of benzene rings is 2. The standard InChI is InChI=1S/C22H28N2O3/c1-3-22(23-26-2,17-18-7-5-4-6-8-18)21(25)19-9-11-20(12-10-19)24-13-15-27-16-14-24/h4-12,23H,3,13-17H2,1-2H3. The summed E-state index contributed by atoms with van der Waals surface area (Å²) < 4.78 is 5.41. The van der Waals surface area contributed by atoms with Crippen LogP contribution in [0.25, 0.3) is 0 Å². The second kappa shape index (κ2) is 9.13. The van der Waals surface area contributed by atoms with E-state index in [1.807, 2.05) is 61.5 Å². The van der Waals surface area contributed by atoms with Crippen molar-refractivity contribution < 1.29 is 14.4 Å². The van der Waals surface area contributed by atoms with Crippen LogP contribution in [0.1, 0.15) is 29.3 Å². The maximum Gasteiger partial charge on any atom is 0.185 e. The van der Waals surface area contributed by atoms with Crippen LogP contribution in [0.3, 0.4) is 0 Å². The van der Waals surface area contributed by atoms with Crippen molar-refractivity contribution in [3.05, 3.63) is 65.7 Å². The number of hydrogen-bond donors (Lipinski definition) is 1. The predicted octanol–water partition coefficient (Wildman–Crippen LogP) is 3.25. The molecule has 1 saturated heterocycles. The van der Waals surface area contributed by atoms with Crippen molar-refractivity contribution in [2.75, 3.05) is 38.3 Å². The number of carbonyl (C=O) groups is 1. The van der Waals surface area contributed by atoms with E-state index in [4.69, 9.17) is 9.57 Å². The molecule has 27 heavy (non-hydrogen) atoms. The van der Waals surface area contributed by atoms with Crippen molar-refractivity contribution in [3.8, 4) is 0 Å². The van der Waals surface area contributed by atoms with Crippen LogP contribution < -0.4 is 10.4 Å². The Kier molecular flexibility index (Phi) is 6.61. The van der Waals surface area contributed by atoms with Gasteiger partial charge in [-0.2, -0.15) is 5.48 Å². The van der Waals surface area contributed by atoms with E-state index in [2.05, 4.69) is 10.4 Å². The maximum atomic E-state index is 13.4. The minimum absolute atomic E-state index is 0.0456. The summed E-state index contributed by atoms with van der Waals surface area (Å²) in [7, 11) is 1.56. The summed E-state index contributed by atoms with van der Waals surface area (Å²) in [4.78, 5) is 20.9. The predicted molar refractivity (Wildman–Crippen MR) is 107 cm³/mol. The number of rotatable bonds is 8. The largest absolute Gasteiger partial charge is 0.378 e. The Morgan fingerprint density at radius 2 is 1.78 bits per heavy atom. The number of nitrogens with zero attached hydrogens (tertiary/aromatic N) is 1. The van der Waals surface area contributed by atoms with Gasteiger partial charge in [-0.05, 0) is 36.2 Å². The van der Waals surface area contributed by atoms with Crippen molar-refractivity contribution in [3.63, 3.8) is 0 Å². The maximum absolute atomic E-state index is 13.4. The van der Waals surface area contributed by atoms with Crippen molar-refractivity contribution in [1.29, 1.82) is 0 Å². The Balaban J connectivity index is 1.82. The molecule has 1 fully saturated rings. The lowest BCUT2D eigenvalue weighted by Gasteiger charge is -2.32. The van der Waals surface area contributed by atoms with Crippen molar-refractivity contribution in [2.45, 2.75) is 25.3 Å². The zero-order chi connectivity index (χ0) is 19.1. The van der Waals surface area contributed by atoms with Crippen molar-refractivity contribution >= 4 is 11.5 Å². The van der Waals surface area contributed by atoms with Crippen LogP contribution in [0, 0.1) is 0 Å². The lowest BCUT2D eigenvalue weighted by molar-refractivity contribution is 0.0129. The van der Waals surface area contributed by atoms with E-state index in [0.717, 1.165) is 37.6 Å². The smallest absolute Gasteiger partial charge is 0.185 e. The molecule has 0 spiro atoms. The monoisotopic (exact) mass is 368 g/mol. The molecule has 5 nitrogen and oxygen atoms in total. The quantitative estimate of drug-likeness (QED) is 0.573. The first-order chi connectivity index (χ1) is 13.2. The molecular formula is C22H28N2O3. The van der Waals surface area contributed by atoms with E-state index < -0.39 is 5.54 Å². The average Bonchev–Trinajstić information content (AvgIpc) is 2.74. The molecule has 1 heterocycles. The third-order valence-corrected chi connectivity index (χ3v) is 5.19. The van der Waals surface area contributed by atoms with Gasteiger partial charge in [0.15, 0.2) is 5.78 Å². The second-order valence-corrected chi connectivity index (χ2v) is 6.88. The highest BCUT2D eigenvalue weighted by Gasteiger charge is 2.37. The van der Waals surface area contributed by atoms with Gasteiger partial charge in [0.2, 0.25) is 0 Å². The third kappa shape index (κ3) is 4.56. The summed E-state index contributed by atoms with van der Waals surface area (Å²) in [6.07, 6.45) is 1.20. The van der Waals surface area contributed by atoms with Crippen LogP contribution in [-0.4, -0.2) is 44.7 Å². The Bertz CT molecular complexity index is 727. The van der Waals surface area contributed by atoms with E-state index in [-0.39, 0.29) is 5.78 Å². The van der Waals surface area contributed by atoms with Crippen LogP contribution in [0.4, 0.5) is 5.69 Å². The summed E-state index contributed by atoms with van der Waals surface area (Å²) in [5.74, 6) is 0.0456. The molecule has 0 aliphatic carbocycles. The first-order valence-corrected chi connectivity index (χ1v) is 9.50. The fourth-order valence-corrected chi connectivity index (χ4v) is 3.58. The number of ketones is 1.